The van der Waals surface area contributed by atoms with Gasteiger partial charge in [-0.3, -0.25) is 10.9 Å². The van der Waals surface area contributed by atoms with Gasteiger partial charge in [0.25, 0.3) is 6.47 Å². The molecule has 0 heterocycles. The van der Waals surface area contributed by atoms with E-state index in [4.69, 9.17) is 9.90 Å². The second kappa shape index (κ2) is 10.4. The zero-order chi connectivity index (χ0) is 10.6. The quantitative estimate of drug-likeness (QED) is 0.421. The van der Waals surface area contributed by atoms with Crippen LogP contribution in [0, 0.1) is 11.5 Å². The van der Waals surface area contributed by atoms with Crippen LogP contribution in [0.1, 0.15) is 34.6 Å². The van der Waals surface area contributed by atoms with Crippen LogP contribution >= 0.6 is 24.8 Å². The molecule has 1 rings (SSSR count). The summed E-state index contributed by atoms with van der Waals surface area (Å²) in [5.41, 5.74) is 4.39. The summed E-state index contributed by atoms with van der Waals surface area (Å²) in [7, 11) is 0. The molecular formula is C11H19Cl2O2Ti-. The normalized spacial score (nSPS) is 15.4. The van der Waals surface area contributed by atoms with Crippen molar-refractivity contribution in [1.29, 1.82) is 0 Å². The van der Waals surface area contributed by atoms with Gasteiger partial charge in [-0.1, -0.05) is 33.1 Å². The van der Waals surface area contributed by atoms with Crippen LogP contribution < -0.4 is 0 Å². The fourth-order valence-electron chi connectivity index (χ4n) is 1.41. The van der Waals surface area contributed by atoms with E-state index in [0.29, 0.717) is 0 Å². The minimum Gasteiger partial charge on any atom is -0.483 e. The summed E-state index contributed by atoms with van der Waals surface area (Å²) in [5.74, 6) is 0. The van der Waals surface area contributed by atoms with E-state index in [2.05, 4.69) is 40.7 Å². The molecule has 0 fully saturated rings. The van der Waals surface area contributed by atoms with Gasteiger partial charge in [-0.15, -0.1) is 31.7 Å². The van der Waals surface area contributed by atoms with E-state index < -0.39 is 0 Å². The smallest absolute Gasteiger partial charge is 0.290 e. The van der Waals surface area contributed by atoms with Gasteiger partial charge in [0.2, 0.25) is 0 Å². The van der Waals surface area contributed by atoms with Gasteiger partial charge in [0, 0.05) is 21.7 Å². The van der Waals surface area contributed by atoms with Gasteiger partial charge in [-0.2, -0.15) is 11.1 Å². The number of carboxylic acid groups (broad SMARTS) is 1. The van der Waals surface area contributed by atoms with E-state index in [1.54, 1.807) is 0 Å². The maximum Gasteiger partial charge on any atom is 0.290 e. The van der Waals surface area contributed by atoms with Crippen LogP contribution in [0.25, 0.3) is 0 Å². The van der Waals surface area contributed by atoms with Gasteiger partial charge in [0.15, 0.2) is 0 Å². The van der Waals surface area contributed by atoms with Crippen molar-refractivity contribution in [2.75, 3.05) is 0 Å². The minimum atomic E-state index is -0.250. The van der Waals surface area contributed by atoms with Crippen LogP contribution in [0.4, 0.5) is 0 Å². The van der Waals surface area contributed by atoms with E-state index >= 15 is 0 Å². The van der Waals surface area contributed by atoms with Crippen LogP contribution in [-0.2, 0) is 26.5 Å². The number of hydrogen-bond donors (Lipinski definition) is 1. The molecule has 0 aliphatic heterocycles. The Labute approximate surface area is 125 Å². The van der Waals surface area contributed by atoms with E-state index in [-0.39, 0.29) is 58.4 Å². The molecule has 1 aliphatic rings. The van der Waals surface area contributed by atoms with Gasteiger partial charge in [-0.25, -0.2) is 5.57 Å². The maximum atomic E-state index is 8.36. The monoisotopic (exact) mass is 301 g/mol. The molecule has 0 saturated carbocycles. The first kappa shape index (κ1) is 25.2. The number of hydrogen-bond acceptors (Lipinski definition) is 1. The summed E-state index contributed by atoms with van der Waals surface area (Å²) in [4.78, 5) is 8.36. The molecule has 0 aromatic carbocycles. The predicted molar refractivity (Wildman–Crippen MR) is 67.8 cm³/mol. The maximum absolute atomic E-state index is 8.36. The van der Waals surface area contributed by atoms with Crippen molar-refractivity contribution in [2.45, 2.75) is 34.6 Å². The Kier molecular flexibility index (Phi) is 16.4. The third kappa shape index (κ3) is 6.75. The first-order valence-electron chi connectivity index (χ1n) is 4.24. The Hall–Kier alpha value is 0.244. The largest absolute Gasteiger partial charge is 0.483 e. The topological polar surface area (TPSA) is 37.3 Å². The fourth-order valence-corrected chi connectivity index (χ4v) is 1.41. The van der Waals surface area contributed by atoms with Crippen molar-refractivity contribution in [3.8, 4) is 0 Å². The van der Waals surface area contributed by atoms with Crippen molar-refractivity contribution in [3.05, 3.63) is 22.8 Å². The number of allylic oxidation sites excluding steroid dienone is 4. The molecule has 1 aliphatic carbocycles. The molecule has 16 heavy (non-hydrogen) atoms. The summed E-state index contributed by atoms with van der Waals surface area (Å²) in [6.45, 7) is 10.7. The average Bonchev–Trinajstić information content (AvgIpc) is 2.16. The summed E-state index contributed by atoms with van der Waals surface area (Å²) < 4.78 is 0. The number of rotatable bonds is 0. The van der Waals surface area contributed by atoms with E-state index in [0.717, 1.165) is 0 Å². The number of carbonyl (C=O) groups is 1. The standard InChI is InChI=1S/C10H15.CH2O2.2ClH.Ti/c1-7-6-10(4,5)9(3)8(7)2;2-1-3;;;/h1-5H3;1H,(H,2,3);2*1H;/q-1;;;;. The summed E-state index contributed by atoms with van der Waals surface area (Å²) in [5, 5.41) is 6.89. The van der Waals surface area contributed by atoms with E-state index in [9.17, 15) is 0 Å². The molecule has 0 aromatic rings. The third-order valence-corrected chi connectivity index (χ3v) is 2.56. The number of halogens is 2. The summed E-state index contributed by atoms with van der Waals surface area (Å²) in [6, 6.07) is 0. The Morgan fingerprint density at radius 3 is 1.56 bits per heavy atom. The molecule has 0 radical (unpaired) electrons. The molecular weight excluding hydrogens is 283 g/mol. The Morgan fingerprint density at radius 2 is 1.50 bits per heavy atom. The molecule has 0 amide bonds. The second-order valence-electron chi connectivity index (χ2n) is 3.73. The van der Waals surface area contributed by atoms with Gasteiger partial charge < -0.3 is 5.11 Å². The fraction of sp³-hybridized carbons (Fsp3) is 0.545. The zero-order valence-corrected chi connectivity index (χ0v) is 13.4. The Bertz CT molecular complexity index is 271. The molecule has 94 valence electrons. The summed E-state index contributed by atoms with van der Waals surface area (Å²) >= 11 is 0. The van der Waals surface area contributed by atoms with E-state index in [1.807, 2.05) is 0 Å². The molecule has 0 aromatic heterocycles. The minimum absolute atomic E-state index is 0. The molecule has 0 atom stereocenters. The van der Waals surface area contributed by atoms with Crippen LogP contribution in [0.3, 0.4) is 0 Å². The molecule has 0 saturated heterocycles. The zero-order valence-electron chi connectivity index (χ0n) is 10.2. The van der Waals surface area contributed by atoms with Crippen molar-refractivity contribution in [1.82, 2.24) is 0 Å². The summed E-state index contributed by atoms with van der Waals surface area (Å²) in [6.07, 6.45) is 3.44. The van der Waals surface area contributed by atoms with Gasteiger partial charge >= 0.3 is 0 Å². The van der Waals surface area contributed by atoms with Crippen LogP contribution in [0.2, 0.25) is 0 Å². The van der Waals surface area contributed by atoms with Crippen molar-refractivity contribution in [2.24, 2.45) is 5.41 Å². The first-order valence-corrected chi connectivity index (χ1v) is 4.24. The first-order chi connectivity index (χ1) is 5.86. The molecule has 5 heteroatoms. The Balaban J connectivity index is -0.000000109. The Morgan fingerprint density at radius 1 is 1.19 bits per heavy atom. The molecule has 0 unspecified atom stereocenters. The van der Waals surface area contributed by atoms with Crippen LogP contribution in [-0.4, -0.2) is 11.6 Å². The molecule has 0 bridgehead atoms. The SMILES string of the molecule is CC1=[C-]C(C)(C)C(C)=C1C.Cl.Cl.O=CO.[Ti]. The van der Waals surface area contributed by atoms with Gasteiger partial charge in [0.1, 0.15) is 0 Å². The van der Waals surface area contributed by atoms with Gasteiger partial charge in [-0.05, 0) is 0 Å². The van der Waals surface area contributed by atoms with Crippen LogP contribution in [0.5, 0.6) is 0 Å². The molecule has 2 nitrogen and oxygen atoms in total. The van der Waals surface area contributed by atoms with Crippen molar-refractivity contribution < 1.29 is 31.6 Å². The predicted octanol–water partition coefficient (Wildman–Crippen LogP) is 3.65. The van der Waals surface area contributed by atoms with Crippen LogP contribution in [0.15, 0.2) is 16.7 Å². The molecule has 1 N–H and O–H groups in total. The van der Waals surface area contributed by atoms with E-state index in [1.165, 1.54) is 16.7 Å². The van der Waals surface area contributed by atoms with Gasteiger partial charge in [0.05, 0.1) is 0 Å². The van der Waals surface area contributed by atoms with Crippen molar-refractivity contribution in [3.63, 3.8) is 0 Å². The third-order valence-electron chi connectivity index (χ3n) is 2.56. The second-order valence-corrected chi connectivity index (χ2v) is 3.73. The van der Waals surface area contributed by atoms with Crippen molar-refractivity contribution >= 4 is 31.3 Å². The average molecular weight is 302 g/mol. The molecule has 0 spiro atoms.